The van der Waals surface area contributed by atoms with Gasteiger partial charge in [-0.2, -0.15) is 0 Å². The van der Waals surface area contributed by atoms with Gasteiger partial charge in [0.2, 0.25) is 100 Å². The van der Waals surface area contributed by atoms with Crippen LogP contribution in [-0.2, 0) is 105 Å². The highest BCUT2D eigenvalue weighted by Gasteiger charge is 2.44. The first-order chi connectivity index (χ1) is 64.7. The van der Waals surface area contributed by atoms with Crippen LogP contribution in [0.3, 0.4) is 0 Å². The van der Waals surface area contributed by atoms with Crippen molar-refractivity contribution in [2.45, 2.75) is 337 Å². The number of carboxylic acids is 1. The molecule has 0 spiro atoms. The fourth-order valence-corrected chi connectivity index (χ4v) is 14.8. The lowest BCUT2D eigenvalue weighted by molar-refractivity contribution is -0.156. The molecule has 0 radical (unpaired) electrons. The predicted octanol–water partition coefficient (Wildman–Crippen LogP) is -4.59. The minimum atomic E-state index is -1.89. The number of nitrogens with zero attached hydrogens (tertiary/aromatic N) is 1. The van der Waals surface area contributed by atoms with E-state index in [2.05, 4.69) is 90.4 Å². The van der Waals surface area contributed by atoms with Gasteiger partial charge < -0.3 is 138 Å². The average molecular weight is 1960 g/mol. The quantitative estimate of drug-likeness (QED) is 0.0155. The number of nitrogens with one attached hydrogen (secondary N) is 17. The molecule has 47 nitrogen and oxygen atoms in total. The summed E-state index contributed by atoms with van der Waals surface area (Å²) in [5.41, 5.74) is 16.5. The Bertz CT molecular complexity index is 4240. The van der Waals surface area contributed by atoms with Crippen molar-refractivity contribution in [2.75, 3.05) is 39.5 Å². The first-order valence-electron chi connectivity index (χ1n) is 47.5. The lowest BCUT2D eigenvalue weighted by Crippen LogP contribution is -2.63. The molecule has 780 valence electrons. The normalized spacial score (nSPS) is 19.9. The summed E-state index contributed by atoms with van der Waals surface area (Å²) in [6, 6.07) is -24.3. The number of hydrogen-bond acceptors (Lipinski definition) is 27. The second kappa shape index (κ2) is 61.5. The second-order valence-corrected chi connectivity index (χ2v) is 37.4. The van der Waals surface area contributed by atoms with Gasteiger partial charge in [-0.3, -0.25) is 95.9 Å². The summed E-state index contributed by atoms with van der Waals surface area (Å²) in [7, 11) is 0. The number of likely N-dealkylation sites (tertiary alicyclic amines) is 1. The average Bonchev–Trinajstić information content (AvgIpc) is 1.80. The van der Waals surface area contributed by atoms with E-state index in [4.69, 9.17) is 27.0 Å². The molecule has 27 N–H and O–H groups in total. The number of aliphatic hydroxyl groups is 3. The number of aliphatic carboxylic acids is 1. The van der Waals surface area contributed by atoms with Crippen LogP contribution in [0, 0.1) is 47.3 Å². The zero-order valence-corrected chi connectivity index (χ0v) is 83.1. The van der Waals surface area contributed by atoms with E-state index in [0.717, 1.165) is 6.08 Å². The van der Waals surface area contributed by atoms with Crippen molar-refractivity contribution in [1.29, 1.82) is 0 Å². The van der Waals surface area contributed by atoms with Gasteiger partial charge in [-0.1, -0.05) is 129 Å². The van der Waals surface area contributed by atoms with Gasteiger partial charge >= 0.3 is 11.9 Å². The lowest BCUT2D eigenvalue weighted by Gasteiger charge is -2.32. The van der Waals surface area contributed by atoms with Crippen molar-refractivity contribution in [2.24, 2.45) is 64.5 Å². The molecule has 2 aliphatic heterocycles. The molecule has 138 heavy (non-hydrogen) atoms. The Balaban J connectivity index is 2.46. The van der Waals surface area contributed by atoms with Crippen LogP contribution < -0.4 is 108 Å². The number of carbonyl (C=O) groups excluding carboxylic acids is 20. The smallest absolute Gasteiger partial charge is 0.328 e. The second-order valence-electron chi connectivity index (χ2n) is 37.4. The van der Waals surface area contributed by atoms with Crippen molar-refractivity contribution >= 4 is 124 Å². The molecule has 2 rings (SSSR count). The van der Waals surface area contributed by atoms with Gasteiger partial charge in [0.15, 0.2) is 0 Å². The van der Waals surface area contributed by atoms with Crippen LogP contribution in [0.5, 0.6) is 0 Å². The first-order valence-corrected chi connectivity index (χ1v) is 47.5. The van der Waals surface area contributed by atoms with E-state index in [9.17, 15) is 116 Å². The summed E-state index contributed by atoms with van der Waals surface area (Å²) in [5, 5.41) is 83.2. The molecule has 2 aliphatic rings. The third-order valence-electron chi connectivity index (χ3n) is 23.0. The van der Waals surface area contributed by atoms with Gasteiger partial charge in [0.1, 0.15) is 114 Å². The number of nitrogens with two attached hydrogens (primary N) is 3. The van der Waals surface area contributed by atoms with Gasteiger partial charge in [0, 0.05) is 32.4 Å². The monoisotopic (exact) mass is 1960 g/mol. The maximum Gasteiger partial charge on any atom is 0.328 e. The van der Waals surface area contributed by atoms with Crippen molar-refractivity contribution in [3.8, 4) is 0 Å². The molecule has 0 aromatic carbocycles. The third kappa shape index (κ3) is 41.1. The third-order valence-corrected chi connectivity index (χ3v) is 23.0. The highest BCUT2D eigenvalue weighted by atomic mass is 16.5. The van der Waals surface area contributed by atoms with E-state index in [1.807, 2.05) is 0 Å². The minimum absolute atomic E-state index is 0.00111. The maximum atomic E-state index is 14.7. The van der Waals surface area contributed by atoms with E-state index < -0.39 is 295 Å². The van der Waals surface area contributed by atoms with Crippen LogP contribution in [0.1, 0.15) is 234 Å². The molecule has 18 atom stereocenters. The van der Waals surface area contributed by atoms with E-state index in [0.29, 0.717) is 12.8 Å². The molecule has 2 fully saturated rings. The Morgan fingerprint density at radius 3 is 1.31 bits per heavy atom. The molecular formula is C91H155N21O26. The maximum absolute atomic E-state index is 14.7. The van der Waals surface area contributed by atoms with Crippen LogP contribution in [0.25, 0.3) is 0 Å². The number of allylic oxidation sites excluding steroid dienone is 2. The van der Waals surface area contributed by atoms with Crippen LogP contribution in [0.2, 0.25) is 0 Å². The summed E-state index contributed by atoms with van der Waals surface area (Å²) in [5.74, 6) is -25.0. The fraction of sp³-hybridized carbons (Fsp3) is 0.725. The summed E-state index contributed by atoms with van der Waals surface area (Å²) in [4.78, 5) is 294. The van der Waals surface area contributed by atoms with Crippen LogP contribution >= 0.6 is 0 Å². The number of primary amides is 1. The van der Waals surface area contributed by atoms with Crippen molar-refractivity contribution in [3.05, 3.63) is 23.5 Å². The minimum Gasteiger partial charge on any atom is -0.481 e. The molecule has 2 heterocycles. The van der Waals surface area contributed by atoms with Gasteiger partial charge in [0.25, 0.3) is 11.8 Å². The fourth-order valence-electron chi connectivity index (χ4n) is 14.8. The van der Waals surface area contributed by atoms with Crippen molar-refractivity contribution in [1.82, 2.24) is 95.3 Å². The molecule has 47 heteroatoms. The zero-order valence-electron chi connectivity index (χ0n) is 83.1. The largest absolute Gasteiger partial charge is 0.481 e. The number of carbonyl (C=O) groups is 21. The molecule has 18 unspecified atom stereocenters. The molecule has 0 aromatic rings. The number of aliphatic hydroxyl groups excluding tert-OH is 3. The van der Waals surface area contributed by atoms with Crippen LogP contribution in [-0.4, -0.2) is 292 Å². The van der Waals surface area contributed by atoms with E-state index >= 15 is 0 Å². The highest BCUT2D eigenvalue weighted by molar-refractivity contribution is 6.05. The van der Waals surface area contributed by atoms with Crippen LogP contribution in [0.15, 0.2) is 23.5 Å². The molecule has 0 aromatic heterocycles. The van der Waals surface area contributed by atoms with Crippen LogP contribution in [0.4, 0.5) is 0 Å². The molecule has 2 saturated heterocycles. The Morgan fingerprint density at radius 1 is 0.464 bits per heavy atom. The van der Waals surface area contributed by atoms with E-state index in [1.165, 1.54) is 73.3 Å². The summed E-state index contributed by atoms with van der Waals surface area (Å²) in [6.45, 7) is 27.5. The topological polar surface area (TPSA) is 734 Å². The molecule has 0 saturated carbocycles. The standard InChI is InChI=1S/C91H155N21O26/c1-20-51(18)72-88(134)99-57(34-38-113)77(123)97-56(33-36-93)76(122)100-58(27-23-24-35-92)91(137)138-52(19)73(89(135)110-72)111-74(120)53(21-2)96-84(130)68(47(10)11)106-78(124)59(39-44(4)5)101-75(121)55(31-32-65(94)116)98-85(131)70(49(14)15)109-87(133)71(50(16)17)108-80(126)61(41-46(8)9)103-82(128)63(43-115)105-86(132)69(48(12)13)107-79(125)60(40-45(6)7)102-81(127)62(42-114)104-83(129)64-28-26-37-112(64)90(136)54(22-3)95-66(117)29-25-30-67(118)119/h21-22,44-52,55-64,68-73,113-115H,20,23-43,92-93H2,1-19H3,(H2,94,116)(H,95,117)(H,96,130)(H,97,123)(H,98,131)(H,99,134)(H,100,122)(H,101,121)(H,102,127)(H,103,128)(H,104,129)(H,105,132)(H,106,124)(H,107,125)(H,108,126)(H,109,133)(H,110,135)(H,111,120)(H,118,119)/b53-21-,54-22-. The van der Waals surface area contributed by atoms with Gasteiger partial charge in [-0.05, 0) is 158 Å². The number of unbranched alkanes of at least 4 members (excludes halogenated alkanes) is 1. The van der Waals surface area contributed by atoms with E-state index in [1.54, 1.807) is 69.2 Å². The number of rotatable bonds is 55. The number of esters is 1. The number of carboxylic acid groups (broad SMARTS) is 1. The summed E-state index contributed by atoms with van der Waals surface area (Å²) >= 11 is 0. The SMILES string of the molecule is C/C=C(\NC(=O)C(NC(=O)C(CC(C)C)NC(=O)C(CCC(N)=O)NC(=O)C(NC(=O)C(NC(=O)C(CC(C)C)NC(=O)C(CO)NC(=O)C(NC(=O)C(CC(C)C)NC(=O)C(CO)NC(=O)C1CCCN1C(=O)/C(=C/C)NC(=O)CCCC(=O)O)C(C)C)C(C)C)C(C)C)C(C)C)C(=O)NC1C(=O)NC(C(C)CC)C(=O)NC(CCO)C(=O)NC(CCN)C(=O)NC(CCCCN)C(=O)OC1C. The molecule has 0 bridgehead atoms. The zero-order chi connectivity index (χ0) is 105. The Labute approximate surface area is 806 Å². The predicted molar refractivity (Wildman–Crippen MR) is 503 cm³/mol. The summed E-state index contributed by atoms with van der Waals surface area (Å²) in [6.07, 6.45) is -0.0482. The Morgan fingerprint density at radius 2 is 0.884 bits per heavy atom. The highest BCUT2D eigenvalue weighted by Crippen LogP contribution is 2.23. The number of ether oxygens (including phenoxy) is 1. The van der Waals surface area contributed by atoms with Gasteiger partial charge in [0.05, 0.1) is 13.2 Å². The van der Waals surface area contributed by atoms with Gasteiger partial charge in [-0.25, -0.2) is 4.79 Å². The number of hydrogen-bond donors (Lipinski definition) is 24. The molecule has 19 amide bonds. The van der Waals surface area contributed by atoms with Crippen molar-refractivity contribution < 1.29 is 126 Å². The Hall–Kier alpha value is -11.8. The number of cyclic esters (lactones) is 1. The molecule has 0 aliphatic carbocycles. The summed E-state index contributed by atoms with van der Waals surface area (Å²) < 4.78 is 5.83. The first kappa shape index (κ1) is 122. The van der Waals surface area contributed by atoms with Gasteiger partial charge in [-0.15, -0.1) is 0 Å². The molecular weight excluding hydrogens is 1800 g/mol. The lowest BCUT2D eigenvalue weighted by atomic mass is 9.96. The number of amides is 19. The van der Waals surface area contributed by atoms with Crippen molar-refractivity contribution in [3.63, 3.8) is 0 Å². The Kier molecular flexibility index (Phi) is 54.4. The van der Waals surface area contributed by atoms with E-state index in [-0.39, 0.29) is 120 Å².